The fourth-order valence-corrected chi connectivity index (χ4v) is 10.5. The Morgan fingerprint density at radius 1 is 0.304 bits per heavy atom. The van der Waals surface area contributed by atoms with Gasteiger partial charge in [0.2, 0.25) is 0 Å². The number of thiophene rings is 1. The van der Waals surface area contributed by atoms with E-state index in [1.807, 2.05) is 18.2 Å². The van der Waals surface area contributed by atoms with Crippen LogP contribution in [0.1, 0.15) is 22.3 Å². The van der Waals surface area contributed by atoms with Crippen LogP contribution in [-0.4, -0.2) is 15.0 Å². The second-order valence-corrected chi connectivity index (χ2v) is 15.8. The van der Waals surface area contributed by atoms with E-state index in [0.717, 1.165) is 27.8 Å². The lowest BCUT2D eigenvalue weighted by Crippen LogP contribution is -2.25. The summed E-state index contributed by atoms with van der Waals surface area (Å²) in [6.07, 6.45) is 0. The predicted octanol–water partition coefficient (Wildman–Crippen LogP) is 13.3. The molecular formula is C52H31N3S. The molecule has 0 bridgehead atoms. The molecular weight excluding hydrogens is 699 g/mol. The Morgan fingerprint density at radius 2 is 0.804 bits per heavy atom. The zero-order valence-electron chi connectivity index (χ0n) is 30.1. The summed E-state index contributed by atoms with van der Waals surface area (Å²) in [7, 11) is 0. The highest BCUT2D eigenvalue weighted by atomic mass is 32.1. The Kier molecular flexibility index (Phi) is 6.72. The molecule has 2 aliphatic rings. The standard InChI is InChI=1S/C52H31N3S/c1-2-14-32(15-3-1)49-53-50(34-26-28-40-39-20-9-13-25-47(39)56-48(40)31-34)55-51(54-49)41-21-5-4-16-35(41)33-27-29-46-42(30-33)38-19-8-12-24-45(38)52(46)43-22-10-6-17-36(43)37-18-7-11-23-44(37)52/h1-31H. The Bertz CT molecular complexity index is 3170. The van der Waals surface area contributed by atoms with Crippen LogP contribution in [-0.2, 0) is 5.41 Å². The van der Waals surface area contributed by atoms with Crippen molar-refractivity contribution >= 4 is 31.5 Å². The van der Waals surface area contributed by atoms with E-state index < -0.39 is 0 Å². The lowest BCUT2D eigenvalue weighted by atomic mass is 9.70. The van der Waals surface area contributed by atoms with Gasteiger partial charge in [-0.25, -0.2) is 15.0 Å². The Hall–Kier alpha value is -7.01. The molecule has 0 N–H and O–H groups in total. The molecule has 2 aromatic heterocycles. The maximum atomic E-state index is 5.25. The van der Waals surface area contributed by atoms with E-state index in [4.69, 9.17) is 15.0 Å². The molecule has 0 radical (unpaired) electrons. The predicted molar refractivity (Wildman–Crippen MR) is 231 cm³/mol. The van der Waals surface area contributed by atoms with E-state index in [1.165, 1.54) is 64.7 Å². The average Bonchev–Trinajstić information content (AvgIpc) is 3.90. The first-order valence-corrected chi connectivity index (χ1v) is 19.8. The Morgan fingerprint density at radius 3 is 1.52 bits per heavy atom. The van der Waals surface area contributed by atoms with Crippen LogP contribution in [0.5, 0.6) is 0 Å². The van der Waals surface area contributed by atoms with Gasteiger partial charge in [0.15, 0.2) is 17.5 Å². The van der Waals surface area contributed by atoms with Gasteiger partial charge in [0.1, 0.15) is 0 Å². The van der Waals surface area contributed by atoms with Gasteiger partial charge in [-0.1, -0.05) is 170 Å². The maximum Gasteiger partial charge on any atom is 0.164 e. The molecule has 10 aromatic rings. The summed E-state index contributed by atoms with van der Waals surface area (Å²) in [6.45, 7) is 0. The van der Waals surface area contributed by atoms with Gasteiger partial charge in [0.25, 0.3) is 0 Å². The van der Waals surface area contributed by atoms with Crippen molar-refractivity contribution in [2.75, 3.05) is 0 Å². The second kappa shape index (κ2) is 12.0. The van der Waals surface area contributed by atoms with Crippen LogP contribution in [0.25, 0.3) is 87.7 Å². The highest BCUT2D eigenvalue weighted by Gasteiger charge is 2.51. The van der Waals surface area contributed by atoms with Crippen molar-refractivity contribution in [3.8, 4) is 67.5 Å². The smallest absolute Gasteiger partial charge is 0.164 e. The van der Waals surface area contributed by atoms with Crippen LogP contribution in [0.3, 0.4) is 0 Å². The molecule has 260 valence electrons. The summed E-state index contributed by atoms with van der Waals surface area (Å²) in [4.78, 5) is 15.5. The van der Waals surface area contributed by atoms with E-state index in [-0.39, 0.29) is 5.41 Å². The molecule has 0 aliphatic heterocycles. The van der Waals surface area contributed by atoms with Crippen molar-refractivity contribution in [1.82, 2.24) is 15.0 Å². The molecule has 2 aliphatic carbocycles. The number of rotatable bonds is 4. The minimum Gasteiger partial charge on any atom is -0.208 e. The maximum absolute atomic E-state index is 5.25. The first-order valence-electron chi connectivity index (χ1n) is 19.0. The number of aromatic nitrogens is 3. The third-order valence-corrected chi connectivity index (χ3v) is 12.9. The summed E-state index contributed by atoms with van der Waals surface area (Å²) < 4.78 is 2.50. The molecule has 0 fully saturated rings. The zero-order valence-corrected chi connectivity index (χ0v) is 31.0. The van der Waals surface area contributed by atoms with Crippen molar-refractivity contribution in [2.24, 2.45) is 0 Å². The summed E-state index contributed by atoms with van der Waals surface area (Å²) >= 11 is 1.80. The zero-order chi connectivity index (χ0) is 36.8. The quantitative estimate of drug-likeness (QED) is 0.181. The van der Waals surface area contributed by atoms with Crippen molar-refractivity contribution in [3.63, 3.8) is 0 Å². The number of benzene rings is 8. The third-order valence-electron chi connectivity index (χ3n) is 11.8. The lowest BCUT2D eigenvalue weighted by Gasteiger charge is -2.30. The summed E-state index contributed by atoms with van der Waals surface area (Å²) in [5.74, 6) is 1.96. The van der Waals surface area contributed by atoms with E-state index >= 15 is 0 Å². The van der Waals surface area contributed by atoms with Crippen LogP contribution in [0.2, 0.25) is 0 Å². The molecule has 0 saturated carbocycles. The topological polar surface area (TPSA) is 38.7 Å². The van der Waals surface area contributed by atoms with Gasteiger partial charge in [-0.2, -0.15) is 0 Å². The van der Waals surface area contributed by atoms with Gasteiger partial charge >= 0.3 is 0 Å². The van der Waals surface area contributed by atoms with Gasteiger partial charge in [-0.3, -0.25) is 0 Å². The first-order chi connectivity index (χ1) is 27.8. The molecule has 3 nitrogen and oxygen atoms in total. The normalized spacial score (nSPS) is 13.1. The highest BCUT2D eigenvalue weighted by molar-refractivity contribution is 7.25. The van der Waals surface area contributed by atoms with Crippen LogP contribution in [0, 0.1) is 0 Å². The number of hydrogen-bond acceptors (Lipinski definition) is 4. The summed E-state index contributed by atoms with van der Waals surface area (Å²) in [6, 6.07) is 67.9. The van der Waals surface area contributed by atoms with Crippen molar-refractivity contribution in [1.29, 1.82) is 0 Å². The average molecular weight is 730 g/mol. The van der Waals surface area contributed by atoms with E-state index in [9.17, 15) is 0 Å². The van der Waals surface area contributed by atoms with Crippen LogP contribution in [0.4, 0.5) is 0 Å². The fourth-order valence-electron chi connectivity index (χ4n) is 9.40. The van der Waals surface area contributed by atoms with Gasteiger partial charge in [0.05, 0.1) is 5.41 Å². The van der Waals surface area contributed by atoms with Gasteiger partial charge in [0, 0.05) is 36.9 Å². The van der Waals surface area contributed by atoms with E-state index in [1.54, 1.807) is 11.3 Å². The second-order valence-electron chi connectivity index (χ2n) is 14.7. The van der Waals surface area contributed by atoms with Crippen LogP contribution < -0.4 is 0 Å². The number of hydrogen-bond donors (Lipinski definition) is 0. The molecule has 1 spiro atoms. The SMILES string of the molecule is c1ccc(-c2nc(-c3ccc4c(c3)sc3ccccc34)nc(-c3ccccc3-c3ccc4c(c3)-c3ccccc3C43c4ccccc4-c4ccccc43)n2)cc1. The van der Waals surface area contributed by atoms with Crippen LogP contribution >= 0.6 is 11.3 Å². The van der Waals surface area contributed by atoms with Crippen molar-refractivity contribution < 1.29 is 0 Å². The molecule has 56 heavy (non-hydrogen) atoms. The Balaban J connectivity index is 1.05. The molecule has 8 aromatic carbocycles. The lowest BCUT2D eigenvalue weighted by molar-refractivity contribution is 0.794. The monoisotopic (exact) mass is 729 g/mol. The minimum atomic E-state index is -0.375. The minimum absolute atomic E-state index is 0.375. The van der Waals surface area contributed by atoms with Crippen molar-refractivity contribution in [3.05, 3.63) is 210 Å². The molecule has 2 heterocycles. The van der Waals surface area contributed by atoms with Gasteiger partial charge in [-0.05, 0) is 73.8 Å². The first kappa shape index (κ1) is 31.4. The Labute approximate surface area is 328 Å². The molecule has 12 rings (SSSR count). The summed E-state index contributed by atoms with van der Waals surface area (Å²) in [5.41, 5.74) is 15.2. The molecule has 0 atom stereocenters. The number of nitrogens with zero attached hydrogens (tertiary/aromatic N) is 3. The largest absolute Gasteiger partial charge is 0.208 e. The highest BCUT2D eigenvalue weighted by Crippen LogP contribution is 2.63. The molecule has 0 amide bonds. The van der Waals surface area contributed by atoms with Crippen molar-refractivity contribution in [2.45, 2.75) is 5.41 Å². The molecule has 4 heteroatoms. The van der Waals surface area contributed by atoms with Gasteiger partial charge in [-0.15, -0.1) is 11.3 Å². The van der Waals surface area contributed by atoms with Crippen LogP contribution in [0.15, 0.2) is 188 Å². The number of fused-ring (bicyclic) bond motifs is 13. The van der Waals surface area contributed by atoms with E-state index in [0.29, 0.717) is 17.5 Å². The fraction of sp³-hybridized carbons (Fsp3) is 0.0192. The molecule has 0 saturated heterocycles. The third kappa shape index (κ3) is 4.42. The molecule has 0 unspecified atom stereocenters. The summed E-state index contributed by atoms with van der Waals surface area (Å²) in [5, 5.41) is 2.53. The van der Waals surface area contributed by atoms with Gasteiger partial charge < -0.3 is 0 Å². The van der Waals surface area contributed by atoms with E-state index in [2.05, 4.69) is 170 Å².